The van der Waals surface area contributed by atoms with Crippen LogP contribution in [0.25, 0.3) is 11.0 Å². The molecule has 3 aromatic rings. The average Bonchev–Trinajstić information content (AvgIpc) is 3.29. The van der Waals surface area contributed by atoms with Crippen LogP contribution in [0.4, 0.5) is 0 Å². The van der Waals surface area contributed by atoms with Crippen LogP contribution in [0.5, 0.6) is 0 Å². The fourth-order valence-corrected chi connectivity index (χ4v) is 4.47. The van der Waals surface area contributed by atoms with Crippen LogP contribution >= 0.6 is 0 Å². The van der Waals surface area contributed by atoms with Crippen molar-refractivity contribution in [3.63, 3.8) is 0 Å². The van der Waals surface area contributed by atoms with E-state index in [1.54, 1.807) is 23.7 Å². The van der Waals surface area contributed by atoms with Crippen molar-refractivity contribution >= 4 is 16.9 Å². The van der Waals surface area contributed by atoms with E-state index >= 15 is 0 Å². The second kappa shape index (κ2) is 8.70. The molecule has 2 aliphatic rings. The topological polar surface area (TPSA) is 90.5 Å². The molecule has 7 heteroatoms. The molecule has 0 unspecified atom stereocenters. The lowest BCUT2D eigenvalue weighted by Gasteiger charge is -2.36. The Labute approximate surface area is 186 Å². The quantitative estimate of drug-likeness (QED) is 0.329. The van der Waals surface area contributed by atoms with Crippen molar-refractivity contribution < 1.29 is 14.7 Å². The molecule has 32 heavy (non-hydrogen) atoms. The van der Waals surface area contributed by atoms with Crippen molar-refractivity contribution in [2.75, 3.05) is 32.8 Å². The van der Waals surface area contributed by atoms with Gasteiger partial charge >= 0.3 is 0 Å². The zero-order valence-corrected chi connectivity index (χ0v) is 17.7. The minimum atomic E-state index is -0.547. The third kappa shape index (κ3) is 3.98. The summed E-state index contributed by atoms with van der Waals surface area (Å²) in [5, 5.41) is 8.95. The van der Waals surface area contributed by atoms with Crippen molar-refractivity contribution in [1.82, 2.24) is 20.3 Å². The minimum Gasteiger partial charge on any atom is -0.379 e. The number of hydroxylamine groups is 1. The Balaban J connectivity index is 1.52. The number of morpholine rings is 1. The van der Waals surface area contributed by atoms with Gasteiger partial charge in [0, 0.05) is 31.1 Å². The number of benzene rings is 2. The molecule has 2 aromatic carbocycles. The molecule has 1 aliphatic carbocycles. The van der Waals surface area contributed by atoms with Gasteiger partial charge in [-0.15, -0.1) is 0 Å². The smallest absolute Gasteiger partial charge is 0.274 e. The first-order chi connectivity index (χ1) is 15.7. The molecule has 3 N–H and O–H groups in total. The third-order valence-corrected chi connectivity index (χ3v) is 6.26. The zero-order valence-electron chi connectivity index (χ0n) is 17.7. The molecule has 1 aromatic heterocycles. The molecule has 164 valence electrons. The van der Waals surface area contributed by atoms with E-state index in [0.29, 0.717) is 5.56 Å². The number of nitrogens with zero attached hydrogens (tertiary/aromatic N) is 2. The number of carbonyl (C=O) groups is 1. The van der Waals surface area contributed by atoms with Crippen LogP contribution in [0, 0.1) is 0 Å². The summed E-state index contributed by atoms with van der Waals surface area (Å²) in [4.78, 5) is 22.6. The average molecular weight is 431 g/mol. The van der Waals surface area contributed by atoms with Gasteiger partial charge in [0.2, 0.25) is 0 Å². The summed E-state index contributed by atoms with van der Waals surface area (Å²) < 4.78 is 5.54. The molecule has 0 bridgehead atoms. The summed E-state index contributed by atoms with van der Waals surface area (Å²) >= 11 is 0. The molecule has 1 saturated heterocycles. The molecule has 1 aliphatic heterocycles. The van der Waals surface area contributed by atoms with Crippen molar-refractivity contribution in [2.24, 2.45) is 0 Å². The molecular weight excluding hydrogens is 404 g/mol. The zero-order chi connectivity index (χ0) is 22.0. The van der Waals surface area contributed by atoms with Gasteiger partial charge in [0.05, 0.1) is 29.7 Å². The molecule has 1 fully saturated rings. The maximum absolute atomic E-state index is 11.8. The number of hydrogen-bond acceptors (Lipinski definition) is 5. The van der Waals surface area contributed by atoms with Crippen LogP contribution in [-0.2, 0) is 10.2 Å². The largest absolute Gasteiger partial charge is 0.379 e. The van der Waals surface area contributed by atoms with E-state index in [0.717, 1.165) is 49.7 Å². The van der Waals surface area contributed by atoms with Gasteiger partial charge in [-0.05, 0) is 23.8 Å². The highest BCUT2D eigenvalue weighted by Gasteiger charge is 2.35. The Hall–Kier alpha value is -3.26. The molecule has 0 saturated carbocycles. The van der Waals surface area contributed by atoms with Crippen LogP contribution in [0.2, 0.25) is 0 Å². The Morgan fingerprint density at radius 3 is 2.62 bits per heavy atom. The van der Waals surface area contributed by atoms with E-state index in [9.17, 15) is 4.79 Å². The normalized spacial score (nSPS) is 23.5. The van der Waals surface area contributed by atoms with E-state index in [4.69, 9.17) is 14.9 Å². The third-order valence-electron chi connectivity index (χ3n) is 6.26. The molecule has 0 radical (unpaired) electrons. The molecule has 7 nitrogen and oxygen atoms in total. The van der Waals surface area contributed by atoms with Crippen molar-refractivity contribution in [1.29, 1.82) is 0 Å². The first-order valence-electron chi connectivity index (χ1n) is 10.9. The van der Waals surface area contributed by atoms with Gasteiger partial charge in [-0.25, -0.2) is 10.5 Å². The standard InChI is InChI=1S/C25H26N4O3/c30-23(28-31)20-6-7-21-22(16-20)27-24(26-21)25(17-29-12-14-32-15-13-29)10-8-19(9-11-25)18-4-2-1-3-5-18/h1-11,16,19,31H,12-15,17H2,(H,26,27)(H,28,30). The first-order valence-corrected chi connectivity index (χ1v) is 10.9. The lowest BCUT2D eigenvalue weighted by atomic mass is 9.78. The predicted molar refractivity (Wildman–Crippen MR) is 122 cm³/mol. The fraction of sp³-hybridized carbons (Fsp3) is 0.280. The van der Waals surface area contributed by atoms with Gasteiger partial charge in [-0.3, -0.25) is 14.9 Å². The number of aromatic nitrogens is 2. The number of allylic oxidation sites excluding steroid dienone is 2. The van der Waals surface area contributed by atoms with Crippen LogP contribution in [0.1, 0.15) is 27.7 Å². The number of hydrogen-bond donors (Lipinski definition) is 3. The highest BCUT2D eigenvalue weighted by Crippen LogP contribution is 2.35. The lowest BCUT2D eigenvalue weighted by molar-refractivity contribution is 0.0327. The second-order valence-corrected chi connectivity index (χ2v) is 8.34. The van der Waals surface area contributed by atoms with Crippen molar-refractivity contribution in [2.45, 2.75) is 11.3 Å². The number of rotatable bonds is 5. The van der Waals surface area contributed by atoms with Crippen LogP contribution in [0.15, 0.2) is 72.8 Å². The lowest BCUT2D eigenvalue weighted by Crippen LogP contribution is -2.45. The molecule has 0 spiro atoms. The van der Waals surface area contributed by atoms with Gasteiger partial charge in [-0.2, -0.15) is 0 Å². The van der Waals surface area contributed by atoms with Gasteiger partial charge in [0.1, 0.15) is 5.82 Å². The van der Waals surface area contributed by atoms with Gasteiger partial charge in [0.25, 0.3) is 5.91 Å². The maximum atomic E-state index is 11.8. The highest BCUT2D eigenvalue weighted by molar-refractivity contribution is 5.96. The Kier molecular flexibility index (Phi) is 5.61. The molecule has 1 amide bonds. The number of fused-ring (bicyclic) bond motifs is 1. The summed E-state index contributed by atoms with van der Waals surface area (Å²) in [6, 6.07) is 15.6. The Morgan fingerprint density at radius 2 is 1.91 bits per heavy atom. The summed E-state index contributed by atoms with van der Waals surface area (Å²) in [7, 11) is 0. The molecular formula is C25H26N4O3. The molecule has 5 rings (SSSR count). The van der Waals surface area contributed by atoms with E-state index in [-0.39, 0.29) is 5.92 Å². The van der Waals surface area contributed by atoms with E-state index in [2.05, 4.69) is 58.5 Å². The summed E-state index contributed by atoms with van der Waals surface area (Å²) in [6.07, 6.45) is 8.99. The van der Waals surface area contributed by atoms with Crippen LogP contribution < -0.4 is 5.48 Å². The molecule has 2 heterocycles. The number of amides is 1. The first kappa shape index (κ1) is 20.6. The minimum absolute atomic E-state index is 0.221. The number of carbonyl (C=O) groups excluding carboxylic acids is 1. The highest BCUT2D eigenvalue weighted by atomic mass is 16.5. The van der Waals surface area contributed by atoms with E-state index < -0.39 is 11.3 Å². The summed E-state index contributed by atoms with van der Waals surface area (Å²) in [6.45, 7) is 4.01. The van der Waals surface area contributed by atoms with Gasteiger partial charge in [0.15, 0.2) is 0 Å². The second-order valence-electron chi connectivity index (χ2n) is 8.34. The predicted octanol–water partition coefficient (Wildman–Crippen LogP) is 3.16. The monoisotopic (exact) mass is 430 g/mol. The summed E-state index contributed by atoms with van der Waals surface area (Å²) in [5.41, 5.74) is 4.43. The van der Waals surface area contributed by atoms with Gasteiger partial charge in [-0.1, -0.05) is 54.6 Å². The number of aromatic amines is 1. The number of H-pyrrole nitrogens is 1. The van der Waals surface area contributed by atoms with Crippen molar-refractivity contribution in [3.05, 3.63) is 89.8 Å². The number of ether oxygens (including phenoxy) is 1. The SMILES string of the molecule is O=C(NO)c1ccc2nc(C3(CN4CCOCC4)C=CC(c4ccccc4)C=C3)[nH]c2c1. The molecule has 0 atom stereocenters. The number of nitrogens with one attached hydrogen (secondary N) is 2. The van der Waals surface area contributed by atoms with Gasteiger partial charge < -0.3 is 9.72 Å². The van der Waals surface area contributed by atoms with Crippen LogP contribution in [-0.4, -0.2) is 58.8 Å². The van der Waals surface area contributed by atoms with E-state index in [1.807, 2.05) is 6.07 Å². The summed E-state index contributed by atoms with van der Waals surface area (Å²) in [5.74, 6) is 0.507. The fourth-order valence-electron chi connectivity index (χ4n) is 4.47. The van der Waals surface area contributed by atoms with Crippen LogP contribution in [0.3, 0.4) is 0 Å². The number of imidazole rings is 1. The maximum Gasteiger partial charge on any atom is 0.274 e. The Morgan fingerprint density at radius 1 is 1.16 bits per heavy atom. The Bertz CT molecular complexity index is 1150. The van der Waals surface area contributed by atoms with E-state index in [1.165, 1.54) is 5.56 Å². The van der Waals surface area contributed by atoms with Crippen molar-refractivity contribution in [3.8, 4) is 0 Å².